The van der Waals surface area contributed by atoms with Gasteiger partial charge in [0.15, 0.2) is 0 Å². The fourth-order valence-corrected chi connectivity index (χ4v) is 3.51. The van der Waals surface area contributed by atoms with Gasteiger partial charge in [0.05, 0.1) is 0 Å². The summed E-state index contributed by atoms with van der Waals surface area (Å²) in [5, 5.41) is 2.27. The van der Waals surface area contributed by atoms with Gasteiger partial charge in [-0.05, 0) is 24.8 Å². The third kappa shape index (κ3) is 1.62. The molecule has 2 saturated heterocycles. The first-order chi connectivity index (χ1) is 8.29. The standard InChI is InChI=1S/C15H21NO/c1-3-15(4-2)10-13-11-16(15)17-14(13)12-8-6-5-7-9-12/h5-9,13-14H,3-4,10-11H2,1-2H3. The number of hydrogen-bond donors (Lipinski definition) is 0. The van der Waals surface area contributed by atoms with Crippen LogP contribution in [0.1, 0.15) is 44.8 Å². The highest BCUT2D eigenvalue weighted by atomic mass is 16.7. The summed E-state index contributed by atoms with van der Waals surface area (Å²) in [4.78, 5) is 6.18. The topological polar surface area (TPSA) is 12.5 Å². The first-order valence-corrected chi connectivity index (χ1v) is 6.78. The zero-order chi connectivity index (χ0) is 11.9. The number of hydroxylamine groups is 2. The minimum absolute atomic E-state index is 0.294. The van der Waals surface area contributed by atoms with E-state index in [1.165, 1.54) is 24.8 Å². The number of fused-ring (bicyclic) bond motifs is 2. The summed E-state index contributed by atoms with van der Waals surface area (Å²) in [6, 6.07) is 10.7. The maximum atomic E-state index is 6.18. The fourth-order valence-electron chi connectivity index (χ4n) is 3.51. The van der Waals surface area contributed by atoms with Gasteiger partial charge in [-0.3, -0.25) is 4.84 Å². The van der Waals surface area contributed by atoms with Crippen LogP contribution in [0.15, 0.2) is 30.3 Å². The number of hydrogen-bond acceptors (Lipinski definition) is 2. The molecule has 2 aliphatic heterocycles. The highest BCUT2D eigenvalue weighted by Crippen LogP contribution is 2.51. The molecule has 0 radical (unpaired) electrons. The summed E-state index contributed by atoms with van der Waals surface area (Å²) in [6.45, 7) is 5.68. The Morgan fingerprint density at radius 3 is 2.47 bits per heavy atom. The molecule has 2 bridgehead atoms. The molecule has 3 rings (SSSR count). The van der Waals surface area contributed by atoms with E-state index in [2.05, 4.69) is 49.2 Å². The molecule has 0 spiro atoms. The van der Waals surface area contributed by atoms with Crippen molar-refractivity contribution in [1.29, 1.82) is 0 Å². The van der Waals surface area contributed by atoms with Gasteiger partial charge in [-0.25, -0.2) is 0 Å². The summed E-state index contributed by atoms with van der Waals surface area (Å²) in [7, 11) is 0. The molecule has 2 heteroatoms. The summed E-state index contributed by atoms with van der Waals surface area (Å²) in [6.07, 6.45) is 3.98. The lowest BCUT2D eigenvalue weighted by Gasteiger charge is -2.40. The summed E-state index contributed by atoms with van der Waals surface area (Å²) >= 11 is 0. The van der Waals surface area contributed by atoms with Crippen LogP contribution in [0.5, 0.6) is 0 Å². The number of benzene rings is 1. The molecule has 3 atom stereocenters. The van der Waals surface area contributed by atoms with E-state index in [9.17, 15) is 0 Å². The molecular formula is C15H21NO. The number of nitrogens with zero attached hydrogens (tertiary/aromatic N) is 1. The van der Waals surface area contributed by atoms with Gasteiger partial charge in [0.25, 0.3) is 0 Å². The Hall–Kier alpha value is -0.860. The maximum absolute atomic E-state index is 6.18. The average Bonchev–Trinajstić information content (AvgIpc) is 2.97. The molecule has 2 fully saturated rings. The van der Waals surface area contributed by atoms with Crippen molar-refractivity contribution in [1.82, 2.24) is 5.06 Å². The van der Waals surface area contributed by atoms with Crippen molar-refractivity contribution in [3.63, 3.8) is 0 Å². The zero-order valence-corrected chi connectivity index (χ0v) is 10.7. The lowest BCUT2D eigenvalue weighted by atomic mass is 9.83. The van der Waals surface area contributed by atoms with Gasteiger partial charge in [0.1, 0.15) is 6.10 Å². The van der Waals surface area contributed by atoms with E-state index in [-0.39, 0.29) is 0 Å². The first-order valence-electron chi connectivity index (χ1n) is 6.78. The van der Waals surface area contributed by atoms with Crippen LogP contribution < -0.4 is 0 Å². The van der Waals surface area contributed by atoms with Gasteiger partial charge < -0.3 is 0 Å². The van der Waals surface area contributed by atoms with E-state index in [0.29, 0.717) is 17.6 Å². The van der Waals surface area contributed by atoms with E-state index < -0.39 is 0 Å². The maximum Gasteiger partial charge on any atom is 0.108 e. The van der Waals surface area contributed by atoms with Gasteiger partial charge in [-0.1, -0.05) is 44.2 Å². The van der Waals surface area contributed by atoms with Gasteiger partial charge in [0.2, 0.25) is 0 Å². The minimum Gasteiger partial charge on any atom is -0.290 e. The molecule has 0 aliphatic carbocycles. The summed E-state index contributed by atoms with van der Waals surface area (Å²) in [5.74, 6) is 0.678. The van der Waals surface area contributed by atoms with Crippen LogP contribution in [0.25, 0.3) is 0 Å². The predicted molar refractivity (Wildman–Crippen MR) is 68.4 cm³/mol. The SMILES string of the molecule is CCC1(CC)CC2CN1OC2c1ccccc1. The normalized spacial score (nSPS) is 34.1. The highest BCUT2D eigenvalue weighted by Gasteiger charge is 2.53. The second-order valence-electron chi connectivity index (χ2n) is 5.39. The monoisotopic (exact) mass is 231 g/mol. The zero-order valence-electron chi connectivity index (χ0n) is 10.7. The third-order valence-electron chi connectivity index (χ3n) is 4.68. The quantitative estimate of drug-likeness (QED) is 0.788. The summed E-state index contributed by atoms with van der Waals surface area (Å²) in [5.41, 5.74) is 1.65. The average molecular weight is 231 g/mol. The van der Waals surface area contributed by atoms with Gasteiger partial charge >= 0.3 is 0 Å². The first kappa shape index (κ1) is 11.2. The molecule has 0 N–H and O–H groups in total. The van der Waals surface area contributed by atoms with E-state index in [4.69, 9.17) is 4.84 Å². The van der Waals surface area contributed by atoms with Crippen LogP contribution in [0.4, 0.5) is 0 Å². The molecule has 3 unspecified atom stereocenters. The Bertz CT molecular complexity index is 385. The van der Waals surface area contributed by atoms with Gasteiger partial charge in [0, 0.05) is 18.0 Å². The van der Waals surface area contributed by atoms with Crippen LogP contribution in [0, 0.1) is 5.92 Å². The largest absolute Gasteiger partial charge is 0.290 e. The molecule has 2 nitrogen and oxygen atoms in total. The Morgan fingerprint density at radius 1 is 1.24 bits per heavy atom. The lowest BCUT2D eigenvalue weighted by molar-refractivity contribution is -0.229. The van der Waals surface area contributed by atoms with Crippen molar-refractivity contribution < 1.29 is 4.84 Å². The van der Waals surface area contributed by atoms with Gasteiger partial charge in [-0.15, -0.1) is 0 Å². The molecule has 92 valence electrons. The number of rotatable bonds is 3. The Morgan fingerprint density at radius 2 is 1.94 bits per heavy atom. The highest BCUT2D eigenvalue weighted by molar-refractivity contribution is 5.21. The smallest absolute Gasteiger partial charge is 0.108 e. The predicted octanol–water partition coefficient (Wildman–Crippen LogP) is 3.55. The molecule has 0 aromatic heterocycles. The third-order valence-corrected chi connectivity index (χ3v) is 4.68. The van der Waals surface area contributed by atoms with Crippen molar-refractivity contribution in [2.24, 2.45) is 5.92 Å². The molecule has 17 heavy (non-hydrogen) atoms. The molecule has 1 aromatic rings. The molecule has 2 heterocycles. The molecular weight excluding hydrogens is 210 g/mol. The lowest BCUT2D eigenvalue weighted by Crippen LogP contribution is -2.43. The Labute approximate surface area is 104 Å². The molecule has 0 saturated carbocycles. The van der Waals surface area contributed by atoms with Crippen LogP contribution in [0.3, 0.4) is 0 Å². The van der Waals surface area contributed by atoms with E-state index in [0.717, 1.165) is 6.54 Å². The van der Waals surface area contributed by atoms with Crippen LogP contribution in [0.2, 0.25) is 0 Å². The molecule has 0 amide bonds. The fraction of sp³-hybridized carbons (Fsp3) is 0.600. The van der Waals surface area contributed by atoms with Crippen LogP contribution in [-0.4, -0.2) is 17.1 Å². The second kappa shape index (κ2) is 4.11. The summed E-state index contributed by atoms with van der Waals surface area (Å²) < 4.78 is 0. The Balaban J connectivity index is 1.81. The van der Waals surface area contributed by atoms with Crippen molar-refractivity contribution in [2.45, 2.75) is 44.8 Å². The van der Waals surface area contributed by atoms with Crippen molar-refractivity contribution in [2.75, 3.05) is 6.54 Å². The van der Waals surface area contributed by atoms with Crippen molar-refractivity contribution >= 4 is 0 Å². The van der Waals surface area contributed by atoms with Crippen LogP contribution >= 0.6 is 0 Å². The second-order valence-corrected chi connectivity index (χ2v) is 5.39. The van der Waals surface area contributed by atoms with Crippen molar-refractivity contribution in [3.05, 3.63) is 35.9 Å². The minimum atomic E-state index is 0.294. The van der Waals surface area contributed by atoms with E-state index >= 15 is 0 Å². The molecule has 1 aromatic carbocycles. The van der Waals surface area contributed by atoms with E-state index in [1.807, 2.05) is 0 Å². The van der Waals surface area contributed by atoms with Crippen LogP contribution in [-0.2, 0) is 4.84 Å². The van der Waals surface area contributed by atoms with E-state index in [1.54, 1.807) is 0 Å². The Kier molecular flexibility index (Phi) is 2.72. The van der Waals surface area contributed by atoms with Crippen molar-refractivity contribution in [3.8, 4) is 0 Å². The van der Waals surface area contributed by atoms with Gasteiger partial charge in [-0.2, -0.15) is 5.06 Å². The molecule has 2 aliphatic rings.